The van der Waals surface area contributed by atoms with Crippen molar-refractivity contribution in [3.8, 4) is 0 Å². The summed E-state index contributed by atoms with van der Waals surface area (Å²) in [4.78, 5) is 21.6. The smallest absolute Gasteiger partial charge is 0.334 e. The number of hydrogen-bond donors (Lipinski definition) is 0. The first-order valence-corrected chi connectivity index (χ1v) is 7.42. The third-order valence-corrected chi connectivity index (χ3v) is 2.30. The maximum atomic E-state index is 10.9. The molecule has 6 nitrogen and oxygen atoms in total. The Morgan fingerprint density at radius 3 is 1.62 bits per heavy atom. The fourth-order valence-electron chi connectivity index (χ4n) is 1.15. The largest absolute Gasteiger partial charge is 0.467 e. The van der Waals surface area contributed by atoms with Gasteiger partial charge in [0, 0.05) is 13.2 Å². The molecule has 2 atom stereocenters. The Labute approximate surface area is 128 Å². The van der Waals surface area contributed by atoms with Crippen LogP contribution in [0, 0.1) is 0 Å². The Morgan fingerprint density at radius 2 is 1.29 bits per heavy atom. The maximum Gasteiger partial charge on any atom is 0.334 e. The molecule has 0 aromatic heterocycles. The molecule has 0 fully saturated rings. The van der Waals surface area contributed by atoms with Gasteiger partial charge < -0.3 is 18.9 Å². The van der Waals surface area contributed by atoms with E-state index in [1.807, 2.05) is 13.8 Å². The van der Waals surface area contributed by atoms with Crippen LogP contribution in [0.2, 0.25) is 0 Å². The van der Waals surface area contributed by atoms with Gasteiger partial charge in [-0.15, -0.1) is 0 Å². The predicted octanol–water partition coefficient (Wildman–Crippen LogP) is 2.34. The Bertz CT molecular complexity index is 267. The van der Waals surface area contributed by atoms with Crippen LogP contribution >= 0.6 is 0 Å². The van der Waals surface area contributed by atoms with Gasteiger partial charge in [0.15, 0.2) is 12.2 Å². The molecule has 21 heavy (non-hydrogen) atoms. The zero-order valence-corrected chi connectivity index (χ0v) is 14.1. The molecule has 0 spiro atoms. The molecule has 2 unspecified atom stereocenters. The SMILES string of the molecule is CCCOC(C)C(=O)OC.CCCOC(C)C(=O)OCC. The Kier molecular flexibility index (Phi) is 16.1. The van der Waals surface area contributed by atoms with Crippen LogP contribution in [0.15, 0.2) is 0 Å². The minimum Gasteiger partial charge on any atom is -0.467 e. The van der Waals surface area contributed by atoms with Gasteiger partial charge in [-0.3, -0.25) is 0 Å². The van der Waals surface area contributed by atoms with Gasteiger partial charge >= 0.3 is 11.9 Å². The van der Waals surface area contributed by atoms with E-state index in [0.717, 1.165) is 12.8 Å². The fourth-order valence-corrected chi connectivity index (χ4v) is 1.15. The summed E-state index contributed by atoms with van der Waals surface area (Å²) in [5, 5.41) is 0. The van der Waals surface area contributed by atoms with E-state index in [0.29, 0.717) is 19.8 Å². The van der Waals surface area contributed by atoms with Crippen molar-refractivity contribution in [1.29, 1.82) is 0 Å². The van der Waals surface area contributed by atoms with Crippen LogP contribution in [0.3, 0.4) is 0 Å². The Balaban J connectivity index is 0. The molecular formula is C15H30O6. The predicted molar refractivity (Wildman–Crippen MR) is 80.1 cm³/mol. The molecule has 126 valence electrons. The monoisotopic (exact) mass is 306 g/mol. The number of rotatable bonds is 9. The Morgan fingerprint density at radius 1 is 0.857 bits per heavy atom. The highest BCUT2D eigenvalue weighted by Gasteiger charge is 2.13. The molecule has 0 saturated carbocycles. The zero-order chi connectivity index (χ0) is 16.7. The minimum atomic E-state index is -0.426. The van der Waals surface area contributed by atoms with Gasteiger partial charge in [-0.25, -0.2) is 9.59 Å². The number of carbonyl (C=O) groups is 2. The van der Waals surface area contributed by atoms with Gasteiger partial charge in [0.05, 0.1) is 13.7 Å². The zero-order valence-electron chi connectivity index (χ0n) is 14.1. The van der Waals surface area contributed by atoms with Gasteiger partial charge in [0.25, 0.3) is 0 Å². The molecule has 0 aliphatic rings. The van der Waals surface area contributed by atoms with Crippen molar-refractivity contribution in [1.82, 2.24) is 0 Å². The summed E-state index contributed by atoms with van der Waals surface area (Å²) in [6, 6.07) is 0. The lowest BCUT2D eigenvalue weighted by Gasteiger charge is -2.10. The van der Waals surface area contributed by atoms with Crippen LogP contribution < -0.4 is 0 Å². The van der Waals surface area contributed by atoms with Gasteiger partial charge in [0.2, 0.25) is 0 Å². The van der Waals surface area contributed by atoms with Gasteiger partial charge in [-0.2, -0.15) is 0 Å². The number of ether oxygens (including phenoxy) is 4. The molecule has 0 aromatic rings. The highest BCUT2D eigenvalue weighted by Crippen LogP contribution is 1.95. The van der Waals surface area contributed by atoms with Crippen molar-refractivity contribution in [2.24, 2.45) is 0 Å². The molecule has 0 bridgehead atoms. The van der Waals surface area contributed by atoms with Crippen molar-refractivity contribution in [3.05, 3.63) is 0 Å². The highest BCUT2D eigenvalue weighted by molar-refractivity contribution is 5.74. The van der Waals surface area contributed by atoms with Crippen LogP contribution in [0.1, 0.15) is 47.5 Å². The topological polar surface area (TPSA) is 71.1 Å². The quantitative estimate of drug-likeness (QED) is 0.609. The van der Waals surface area contributed by atoms with E-state index in [4.69, 9.17) is 14.2 Å². The normalized spacial score (nSPS) is 12.7. The van der Waals surface area contributed by atoms with Crippen molar-refractivity contribution in [2.45, 2.75) is 59.7 Å². The lowest BCUT2D eigenvalue weighted by molar-refractivity contribution is -0.155. The molecule has 6 heteroatoms. The highest BCUT2D eigenvalue weighted by atomic mass is 16.6. The van der Waals surface area contributed by atoms with Crippen molar-refractivity contribution in [3.63, 3.8) is 0 Å². The van der Waals surface area contributed by atoms with Crippen LogP contribution in [0.25, 0.3) is 0 Å². The lowest BCUT2D eigenvalue weighted by atomic mass is 10.4. The van der Waals surface area contributed by atoms with Crippen LogP contribution in [0.4, 0.5) is 0 Å². The van der Waals surface area contributed by atoms with E-state index >= 15 is 0 Å². The van der Waals surface area contributed by atoms with Crippen molar-refractivity contribution >= 4 is 11.9 Å². The second-order valence-electron chi connectivity index (χ2n) is 4.30. The molecular weight excluding hydrogens is 276 g/mol. The molecule has 0 aromatic carbocycles. The summed E-state index contributed by atoms with van der Waals surface area (Å²) in [5.41, 5.74) is 0. The minimum absolute atomic E-state index is 0.277. The first-order valence-electron chi connectivity index (χ1n) is 7.42. The summed E-state index contributed by atoms with van der Waals surface area (Å²) >= 11 is 0. The van der Waals surface area contributed by atoms with Gasteiger partial charge in [-0.05, 0) is 33.6 Å². The number of hydrogen-bond acceptors (Lipinski definition) is 6. The summed E-state index contributed by atoms with van der Waals surface area (Å²) in [7, 11) is 1.36. The first-order chi connectivity index (χ1) is 9.94. The van der Waals surface area contributed by atoms with Gasteiger partial charge in [-0.1, -0.05) is 13.8 Å². The molecule has 0 heterocycles. The van der Waals surface area contributed by atoms with Gasteiger partial charge in [0.1, 0.15) is 0 Å². The lowest BCUT2D eigenvalue weighted by Crippen LogP contribution is -2.23. The second kappa shape index (κ2) is 15.3. The van der Waals surface area contributed by atoms with E-state index < -0.39 is 12.2 Å². The van der Waals surface area contributed by atoms with E-state index in [-0.39, 0.29) is 11.9 Å². The molecule has 0 amide bonds. The average Bonchev–Trinajstić information content (AvgIpc) is 2.50. The standard InChI is InChI=1S/C8H16O3.C7H14O3/c1-4-6-11-7(3)8(9)10-5-2;1-4-5-10-6(2)7(8)9-3/h7H,4-6H2,1-3H3;6H,4-5H2,1-3H3. The molecule has 0 aliphatic heterocycles. The van der Waals surface area contributed by atoms with Crippen LogP contribution in [-0.4, -0.2) is 51.1 Å². The third kappa shape index (κ3) is 13.6. The Hall–Kier alpha value is -1.14. The van der Waals surface area contributed by atoms with Crippen molar-refractivity contribution in [2.75, 3.05) is 26.9 Å². The van der Waals surface area contributed by atoms with Crippen molar-refractivity contribution < 1.29 is 28.5 Å². The summed E-state index contributed by atoms with van der Waals surface area (Å²) in [6.07, 6.45) is 0.991. The molecule has 0 aliphatic carbocycles. The average molecular weight is 306 g/mol. The third-order valence-electron chi connectivity index (χ3n) is 2.30. The maximum absolute atomic E-state index is 10.9. The summed E-state index contributed by atoms with van der Waals surface area (Å²) in [5.74, 6) is -0.589. The number of esters is 2. The van der Waals surface area contributed by atoms with Crippen LogP contribution in [-0.2, 0) is 28.5 Å². The number of carbonyl (C=O) groups excluding carboxylic acids is 2. The molecule has 0 saturated heterocycles. The molecule has 0 rings (SSSR count). The van der Waals surface area contributed by atoms with E-state index in [9.17, 15) is 9.59 Å². The summed E-state index contributed by atoms with van der Waals surface area (Å²) < 4.78 is 19.4. The number of methoxy groups -OCH3 is 1. The second-order valence-corrected chi connectivity index (χ2v) is 4.30. The van der Waals surface area contributed by atoms with E-state index in [1.165, 1.54) is 7.11 Å². The van der Waals surface area contributed by atoms with E-state index in [2.05, 4.69) is 4.74 Å². The van der Waals surface area contributed by atoms with Crippen LogP contribution in [0.5, 0.6) is 0 Å². The summed E-state index contributed by atoms with van der Waals surface area (Å²) in [6.45, 7) is 10.8. The molecule has 0 N–H and O–H groups in total. The fraction of sp³-hybridized carbons (Fsp3) is 0.867. The van der Waals surface area contributed by atoms with E-state index in [1.54, 1.807) is 20.8 Å². The first kappa shape index (κ1) is 22.1. The molecule has 0 radical (unpaired) electrons.